The molecule has 0 spiro atoms. The average Bonchev–Trinajstić information content (AvgIpc) is 2.78. The maximum Gasteiger partial charge on any atom is 0.337 e. The molecule has 0 unspecified atom stereocenters. The molecule has 0 fully saturated rings. The van der Waals surface area contributed by atoms with Crippen molar-refractivity contribution in [2.45, 2.75) is 10.6 Å². The van der Waals surface area contributed by atoms with Crippen molar-refractivity contribution in [3.05, 3.63) is 52.4 Å². The minimum absolute atomic E-state index is 0.295. The molecule has 1 heterocycles. The lowest BCUT2D eigenvalue weighted by Gasteiger charge is -2.06. The highest BCUT2D eigenvalue weighted by Gasteiger charge is 2.14. The van der Waals surface area contributed by atoms with Gasteiger partial charge in [0.05, 0.1) is 17.6 Å². The molecule has 0 aliphatic carbocycles. The van der Waals surface area contributed by atoms with E-state index in [9.17, 15) is 4.79 Å². The monoisotopic (exact) mass is 312 g/mol. The van der Waals surface area contributed by atoms with Gasteiger partial charge in [-0.05, 0) is 40.2 Å². The molecule has 1 aromatic heterocycles. The summed E-state index contributed by atoms with van der Waals surface area (Å²) in [6.45, 7) is 0. The summed E-state index contributed by atoms with van der Waals surface area (Å²) in [6.07, 6.45) is 1.61. The highest BCUT2D eigenvalue weighted by molar-refractivity contribution is 9.10. The van der Waals surface area contributed by atoms with Crippen LogP contribution in [0.2, 0.25) is 0 Å². The van der Waals surface area contributed by atoms with Gasteiger partial charge in [0.25, 0.3) is 0 Å². The first-order valence-electron chi connectivity index (χ1n) is 4.85. The summed E-state index contributed by atoms with van der Waals surface area (Å²) >= 11 is 4.69. The van der Waals surface area contributed by atoms with Crippen LogP contribution in [0.1, 0.15) is 16.1 Å². The van der Waals surface area contributed by atoms with E-state index in [1.807, 2.05) is 18.2 Å². The number of carbonyl (C=O) groups is 1. The fraction of sp³-hybridized carbons (Fsp3) is 0.0833. The Labute approximate surface area is 111 Å². The lowest BCUT2D eigenvalue weighted by Crippen LogP contribution is -2.00. The van der Waals surface area contributed by atoms with Crippen LogP contribution in [0.25, 0.3) is 0 Å². The summed E-state index contributed by atoms with van der Waals surface area (Å²) < 4.78 is 5.80. The summed E-state index contributed by atoms with van der Waals surface area (Å²) in [6, 6.07) is 9.02. The quantitative estimate of drug-likeness (QED) is 0.866. The Hall–Kier alpha value is -1.20. The zero-order valence-corrected chi connectivity index (χ0v) is 11.1. The van der Waals surface area contributed by atoms with E-state index in [4.69, 9.17) is 9.52 Å². The Kier molecular flexibility index (Phi) is 3.91. The topological polar surface area (TPSA) is 50.4 Å². The van der Waals surface area contributed by atoms with E-state index in [-0.39, 0.29) is 0 Å². The number of rotatable bonds is 4. The highest BCUT2D eigenvalue weighted by Crippen LogP contribution is 2.31. The molecule has 0 amide bonds. The number of halogens is 1. The standard InChI is InChI=1S/C12H9BrO3S/c13-9-4-1-5-10(11(9)12(14)15)17-7-8-3-2-6-16-8/h1-6H,7H2,(H,14,15). The van der Waals surface area contributed by atoms with Gasteiger partial charge in [0.15, 0.2) is 0 Å². The number of benzene rings is 1. The van der Waals surface area contributed by atoms with Gasteiger partial charge in [-0.3, -0.25) is 0 Å². The van der Waals surface area contributed by atoms with Crippen LogP contribution in [0.3, 0.4) is 0 Å². The maximum atomic E-state index is 11.1. The van der Waals surface area contributed by atoms with E-state index < -0.39 is 5.97 Å². The third-order valence-corrected chi connectivity index (χ3v) is 3.88. The molecule has 2 rings (SSSR count). The predicted octanol–water partition coefficient (Wildman–Crippen LogP) is 4.03. The third-order valence-electron chi connectivity index (χ3n) is 2.14. The second-order valence-electron chi connectivity index (χ2n) is 3.29. The largest absolute Gasteiger partial charge is 0.478 e. The van der Waals surface area contributed by atoms with Crippen molar-refractivity contribution in [3.63, 3.8) is 0 Å². The molecule has 0 radical (unpaired) electrons. The van der Waals surface area contributed by atoms with Crippen LogP contribution >= 0.6 is 27.7 Å². The van der Waals surface area contributed by atoms with Crippen LogP contribution in [-0.4, -0.2) is 11.1 Å². The molecular weight excluding hydrogens is 304 g/mol. The lowest BCUT2D eigenvalue weighted by molar-refractivity contribution is 0.0692. The van der Waals surface area contributed by atoms with Crippen LogP contribution in [0.15, 0.2) is 50.4 Å². The Bertz CT molecular complexity index is 523. The number of carboxylic acid groups (broad SMARTS) is 1. The number of carboxylic acids is 1. The Morgan fingerprint density at radius 2 is 2.18 bits per heavy atom. The van der Waals surface area contributed by atoms with Crippen LogP contribution in [0.4, 0.5) is 0 Å². The summed E-state index contributed by atoms with van der Waals surface area (Å²) in [5, 5.41) is 9.14. The fourth-order valence-corrected chi connectivity index (χ4v) is 3.02. The van der Waals surface area contributed by atoms with Crippen molar-refractivity contribution in [3.8, 4) is 0 Å². The number of furan rings is 1. The van der Waals surface area contributed by atoms with E-state index in [0.29, 0.717) is 15.8 Å². The molecule has 1 N–H and O–H groups in total. The minimum Gasteiger partial charge on any atom is -0.478 e. The summed E-state index contributed by atoms with van der Waals surface area (Å²) in [4.78, 5) is 11.9. The molecule has 0 aliphatic heterocycles. The molecule has 0 saturated carbocycles. The van der Waals surface area contributed by atoms with Crippen molar-refractivity contribution < 1.29 is 14.3 Å². The summed E-state index contributed by atoms with van der Waals surface area (Å²) in [5.41, 5.74) is 0.295. The van der Waals surface area contributed by atoms with Gasteiger partial charge in [-0.1, -0.05) is 6.07 Å². The van der Waals surface area contributed by atoms with Gasteiger partial charge >= 0.3 is 5.97 Å². The first-order valence-corrected chi connectivity index (χ1v) is 6.63. The third kappa shape index (κ3) is 2.92. The van der Waals surface area contributed by atoms with E-state index in [1.54, 1.807) is 18.4 Å². The molecule has 17 heavy (non-hydrogen) atoms. The van der Waals surface area contributed by atoms with Crippen LogP contribution < -0.4 is 0 Å². The second kappa shape index (κ2) is 5.42. The van der Waals surface area contributed by atoms with E-state index >= 15 is 0 Å². The number of hydrogen-bond donors (Lipinski definition) is 1. The zero-order chi connectivity index (χ0) is 12.3. The van der Waals surface area contributed by atoms with Gasteiger partial charge in [0.1, 0.15) is 5.76 Å². The van der Waals surface area contributed by atoms with Crippen molar-refractivity contribution in [1.82, 2.24) is 0 Å². The molecule has 3 nitrogen and oxygen atoms in total. The molecular formula is C12H9BrO3S. The van der Waals surface area contributed by atoms with Crippen molar-refractivity contribution in [2.75, 3.05) is 0 Å². The van der Waals surface area contributed by atoms with Gasteiger partial charge in [-0.25, -0.2) is 4.79 Å². The highest BCUT2D eigenvalue weighted by atomic mass is 79.9. The van der Waals surface area contributed by atoms with Gasteiger partial charge in [-0.2, -0.15) is 0 Å². The second-order valence-corrected chi connectivity index (χ2v) is 5.16. The molecule has 88 valence electrons. The van der Waals surface area contributed by atoms with Gasteiger partial charge in [0.2, 0.25) is 0 Å². The molecule has 1 aromatic carbocycles. The van der Waals surface area contributed by atoms with Crippen LogP contribution in [-0.2, 0) is 5.75 Å². The van der Waals surface area contributed by atoms with E-state index in [1.165, 1.54) is 11.8 Å². The lowest BCUT2D eigenvalue weighted by atomic mass is 10.2. The number of thioether (sulfide) groups is 1. The molecule has 2 aromatic rings. The predicted molar refractivity (Wildman–Crippen MR) is 69.4 cm³/mol. The summed E-state index contributed by atoms with van der Waals surface area (Å²) in [5.74, 6) is 0.509. The maximum absolute atomic E-state index is 11.1. The molecule has 5 heteroatoms. The molecule has 0 saturated heterocycles. The zero-order valence-electron chi connectivity index (χ0n) is 8.72. The van der Waals surface area contributed by atoms with Crippen molar-refractivity contribution in [1.29, 1.82) is 0 Å². The van der Waals surface area contributed by atoms with Crippen LogP contribution in [0.5, 0.6) is 0 Å². The SMILES string of the molecule is O=C(O)c1c(Br)cccc1SCc1ccco1. The number of hydrogen-bond acceptors (Lipinski definition) is 3. The van der Waals surface area contributed by atoms with Crippen molar-refractivity contribution >= 4 is 33.7 Å². The molecule has 0 atom stereocenters. The van der Waals surface area contributed by atoms with Crippen LogP contribution in [0, 0.1) is 0 Å². The normalized spacial score (nSPS) is 10.4. The smallest absolute Gasteiger partial charge is 0.337 e. The minimum atomic E-state index is -0.931. The number of aromatic carboxylic acids is 1. The van der Waals surface area contributed by atoms with Gasteiger partial charge < -0.3 is 9.52 Å². The van der Waals surface area contributed by atoms with Gasteiger partial charge in [0, 0.05) is 9.37 Å². The summed E-state index contributed by atoms with van der Waals surface area (Å²) in [7, 11) is 0. The Morgan fingerprint density at radius 3 is 2.82 bits per heavy atom. The van der Waals surface area contributed by atoms with Gasteiger partial charge in [-0.15, -0.1) is 11.8 Å². The van der Waals surface area contributed by atoms with E-state index in [0.717, 1.165) is 10.7 Å². The van der Waals surface area contributed by atoms with E-state index in [2.05, 4.69) is 15.9 Å². The Morgan fingerprint density at radius 1 is 1.35 bits per heavy atom. The van der Waals surface area contributed by atoms with Crippen molar-refractivity contribution in [2.24, 2.45) is 0 Å². The first kappa shape index (κ1) is 12.3. The average molecular weight is 313 g/mol. The first-order chi connectivity index (χ1) is 8.18. The molecule has 0 bridgehead atoms. The fourth-order valence-electron chi connectivity index (χ4n) is 1.38. The Balaban J connectivity index is 2.21. The molecule has 0 aliphatic rings.